The Kier molecular flexibility index (Phi) is 4.33. The molecule has 1 N–H and O–H groups in total. The second-order valence-corrected chi connectivity index (χ2v) is 7.93. The minimum Gasteiger partial charge on any atom is -0.482 e. The molecule has 2 aromatic carbocycles. The van der Waals surface area contributed by atoms with Gasteiger partial charge in [-0.25, -0.2) is 0 Å². The summed E-state index contributed by atoms with van der Waals surface area (Å²) in [6.45, 7) is -0.222. The number of halogens is 2. The van der Waals surface area contributed by atoms with Crippen molar-refractivity contribution in [3.8, 4) is 11.5 Å². The summed E-state index contributed by atoms with van der Waals surface area (Å²) < 4.78 is 36.1. The van der Waals surface area contributed by atoms with Crippen LogP contribution in [0, 0.1) is 0 Å². The van der Waals surface area contributed by atoms with Crippen molar-refractivity contribution in [3.63, 3.8) is 0 Å². The summed E-state index contributed by atoms with van der Waals surface area (Å²) in [7, 11) is -4.30. The molecule has 0 unspecified atom stereocenters. The fourth-order valence-electron chi connectivity index (χ4n) is 2.62. The molecule has 3 aromatic rings. The highest BCUT2D eigenvalue weighted by Crippen LogP contribution is 2.38. The number of benzene rings is 2. The summed E-state index contributed by atoms with van der Waals surface area (Å²) in [6.07, 6.45) is 1.50. The Morgan fingerprint density at radius 1 is 1.15 bits per heavy atom. The van der Waals surface area contributed by atoms with E-state index in [2.05, 4.69) is 10.3 Å². The molecule has 1 amide bonds. The van der Waals surface area contributed by atoms with Crippen LogP contribution in [0.1, 0.15) is 0 Å². The molecule has 2 heterocycles. The molecule has 27 heavy (non-hydrogen) atoms. The van der Waals surface area contributed by atoms with Gasteiger partial charge in [-0.3, -0.25) is 9.78 Å². The highest BCUT2D eigenvalue weighted by atomic mass is 35.5. The van der Waals surface area contributed by atoms with Gasteiger partial charge in [0.05, 0.1) is 15.7 Å². The molecule has 0 atom stereocenters. The van der Waals surface area contributed by atoms with Crippen LogP contribution >= 0.6 is 23.2 Å². The van der Waals surface area contributed by atoms with Crippen molar-refractivity contribution in [2.45, 2.75) is 4.90 Å². The molecule has 138 valence electrons. The van der Waals surface area contributed by atoms with Crippen LogP contribution in [-0.2, 0) is 14.9 Å². The first kappa shape index (κ1) is 17.8. The van der Waals surface area contributed by atoms with Crippen molar-refractivity contribution in [1.29, 1.82) is 0 Å². The van der Waals surface area contributed by atoms with E-state index < -0.39 is 10.1 Å². The van der Waals surface area contributed by atoms with Gasteiger partial charge in [0.1, 0.15) is 16.2 Å². The Hall–Kier alpha value is -2.55. The van der Waals surface area contributed by atoms with Gasteiger partial charge >= 0.3 is 10.1 Å². The van der Waals surface area contributed by atoms with Crippen molar-refractivity contribution in [2.75, 3.05) is 11.9 Å². The number of nitrogens with zero attached hydrogens (tertiary/aromatic N) is 1. The Morgan fingerprint density at radius 2 is 1.96 bits per heavy atom. The second kappa shape index (κ2) is 6.56. The zero-order valence-electron chi connectivity index (χ0n) is 13.4. The molecule has 0 bridgehead atoms. The van der Waals surface area contributed by atoms with Gasteiger partial charge in [-0.15, -0.1) is 0 Å². The van der Waals surface area contributed by atoms with Crippen molar-refractivity contribution in [2.24, 2.45) is 0 Å². The normalized spacial score (nSPS) is 13.6. The van der Waals surface area contributed by atoms with Crippen LogP contribution in [0.15, 0.2) is 47.5 Å². The lowest BCUT2D eigenvalue weighted by atomic mass is 10.2. The molecule has 0 saturated carbocycles. The molecular weight excluding hydrogens is 415 g/mol. The van der Waals surface area contributed by atoms with Gasteiger partial charge in [0, 0.05) is 17.6 Å². The monoisotopic (exact) mass is 424 g/mol. The van der Waals surface area contributed by atoms with Gasteiger partial charge in [-0.2, -0.15) is 8.42 Å². The number of ether oxygens (including phenoxy) is 1. The first-order chi connectivity index (χ1) is 12.8. The average Bonchev–Trinajstić information content (AvgIpc) is 2.63. The highest BCUT2D eigenvalue weighted by Gasteiger charge is 2.27. The van der Waals surface area contributed by atoms with Gasteiger partial charge in [-0.1, -0.05) is 23.2 Å². The summed E-state index contributed by atoms with van der Waals surface area (Å²) in [4.78, 5) is 15.2. The van der Waals surface area contributed by atoms with Crippen LogP contribution in [0.25, 0.3) is 10.9 Å². The third-order valence-corrected chi connectivity index (χ3v) is 5.84. The number of carbonyl (C=O) groups is 1. The van der Waals surface area contributed by atoms with Gasteiger partial charge in [0.2, 0.25) is 0 Å². The van der Waals surface area contributed by atoms with Gasteiger partial charge < -0.3 is 14.2 Å². The maximum atomic E-state index is 12.8. The number of nitrogens with one attached hydrogen (secondary N) is 1. The summed E-state index contributed by atoms with van der Waals surface area (Å²) in [5.41, 5.74) is 0.583. The zero-order chi connectivity index (χ0) is 19.2. The summed E-state index contributed by atoms with van der Waals surface area (Å²) >= 11 is 12.2. The van der Waals surface area contributed by atoms with E-state index in [0.29, 0.717) is 15.9 Å². The van der Waals surface area contributed by atoms with Crippen LogP contribution < -0.4 is 14.2 Å². The fourth-order valence-corrected chi connectivity index (χ4v) is 4.29. The molecule has 0 aliphatic carbocycles. The Morgan fingerprint density at radius 3 is 2.78 bits per heavy atom. The van der Waals surface area contributed by atoms with E-state index in [1.54, 1.807) is 12.1 Å². The Labute approximate surface area is 163 Å². The highest BCUT2D eigenvalue weighted by molar-refractivity contribution is 7.87. The number of rotatable bonds is 3. The van der Waals surface area contributed by atoms with E-state index in [-0.39, 0.29) is 39.6 Å². The predicted octanol–water partition coefficient (Wildman–Crippen LogP) is 3.64. The third-order valence-electron chi connectivity index (χ3n) is 3.82. The van der Waals surface area contributed by atoms with Crippen molar-refractivity contribution < 1.29 is 22.1 Å². The van der Waals surface area contributed by atoms with Crippen LogP contribution in [0.2, 0.25) is 10.0 Å². The first-order valence-corrected chi connectivity index (χ1v) is 9.75. The number of aromatic nitrogens is 1. The van der Waals surface area contributed by atoms with E-state index >= 15 is 0 Å². The number of amides is 1. The van der Waals surface area contributed by atoms with E-state index in [1.807, 2.05) is 0 Å². The van der Waals surface area contributed by atoms with Crippen LogP contribution in [0.3, 0.4) is 0 Å². The lowest BCUT2D eigenvalue weighted by molar-refractivity contribution is -0.118. The molecule has 1 aliphatic heterocycles. The maximum absolute atomic E-state index is 12.8. The lowest BCUT2D eigenvalue weighted by Gasteiger charge is -2.19. The van der Waals surface area contributed by atoms with Crippen LogP contribution in [-0.4, -0.2) is 25.9 Å². The smallest absolute Gasteiger partial charge is 0.340 e. The van der Waals surface area contributed by atoms with Crippen molar-refractivity contribution >= 4 is 55.8 Å². The van der Waals surface area contributed by atoms with Gasteiger partial charge in [0.25, 0.3) is 5.91 Å². The fraction of sp³-hybridized carbons (Fsp3) is 0.0588. The number of fused-ring (bicyclic) bond motifs is 2. The van der Waals surface area contributed by atoms with Crippen molar-refractivity contribution in [3.05, 3.63) is 52.6 Å². The standard InChI is InChI=1S/C17H10Cl2N2O5S/c18-10-3-4-13(17-9(10)2-1-5-20-17)26-27(23,24)15-7-14-12(6-11(15)19)21-16(22)8-25-14/h1-7H,8H2,(H,21,22). The van der Waals surface area contributed by atoms with E-state index in [0.717, 1.165) is 0 Å². The SMILES string of the molecule is O=C1COc2cc(S(=O)(=O)Oc3ccc(Cl)c4cccnc34)c(Cl)cc2N1. The quantitative estimate of drug-likeness (QED) is 0.644. The van der Waals surface area contributed by atoms with Gasteiger partial charge in [-0.05, 0) is 30.3 Å². The van der Waals surface area contributed by atoms with Crippen LogP contribution in [0.5, 0.6) is 11.5 Å². The summed E-state index contributed by atoms with van der Waals surface area (Å²) in [5, 5.41) is 3.40. The van der Waals surface area contributed by atoms with Gasteiger partial charge in [0.15, 0.2) is 12.4 Å². The molecule has 0 spiro atoms. The molecule has 7 nitrogen and oxygen atoms in total. The number of pyridine rings is 1. The Balaban J connectivity index is 1.77. The van der Waals surface area contributed by atoms with Crippen LogP contribution in [0.4, 0.5) is 5.69 Å². The zero-order valence-corrected chi connectivity index (χ0v) is 15.7. The predicted molar refractivity (Wildman–Crippen MR) is 100 cm³/mol. The molecule has 4 rings (SSSR count). The number of hydrogen-bond acceptors (Lipinski definition) is 6. The van der Waals surface area contributed by atoms with Crippen molar-refractivity contribution in [1.82, 2.24) is 4.98 Å². The van der Waals surface area contributed by atoms with E-state index in [9.17, 15) is 13.2 Å². The van der Waals surface area contributed by atoms with E-state index in [1.165, 1.54) is 30.5 Å². The average molecular weight is 425 g/mol. The van der Waals surface area contributed by atoms with E-state index in [4.69, 9.17) is 32.1 Å². The lowest BCUT2D eigenvalue weighted by Crippen LogP contribution is -2.25. The molecule has 1 aliphatic rings. The molecule has 0 fully saturated rings. The molecule has 10 heteroatoms. The number of hydrogen-bond donors (Lipinski definition) is 1. The summed E-state index contributed by atoms with van der Waals surface area (Å²) in [6, 6.07) is 8.81. The minimum atomic E-state index is -4.30. The second-order valence-electron chi connectivity index (χ2n) is 5.60. The molecule has 0 radical (unpaired) electrons. The summed E-state index contributed by atoms with van der Waals surface area (Å²) in [5.74, 6) is -0.164. The number of anilines is 1. The molecular formula is C17H10Cl2N2O5S. The largest absolute Gasteiger partial charge is 0.482 e. The topological polar surface area (TPSA) is 94.6 Å². The molecule has 1 aromatic heterocycles. The number of carbonyl (C=O) groups excluding carboxylic acids is 1. The third kappa shape index (κ3) is 3.27. The Bertz CT molecular complexity index is 1200. The minimum absolute atomic E-state index is 0.0120. The maximum Gasteiger partial charge on any atom is 0.340 e. The first-order valence-electron chi connectivity index (χ1n) is 7.59. The molecule has 0 saturated heterocycles.